The summed E-state index contributed by atoms with van der Waals surface area (Å²) < 4.78 is 4.14. The SMILES string of the molecule is Cn1ccnc1CCn1cncc1C(N)c1ccccc1. The average molecular weight is 281 g/mol. The van der Waals surface area contributed by atoms with Crippen LogP contribution in [0.25, 0.3) is 0 Å². The monoisotopic (exact) mass is 281 g/mol. The second kappa shape index (κ2) is 5.93. The third-order valence-electron chi connectivity index (χ3n) is 3.72. The van der Waals surface area contributed by atoms with Crippen LogP contribution < -0.4 is 5.73 Å². The molecule has 2 heterocycles. The summed E-state index contributed by atoms with van der Waals surface area (Å²) in [5.41, 5.74) is 8.48. The van der Waals surface area contributed by atoms with E-state index in [0.717, 1.165) is 30.0 Å². The van der Waals surface area contributed by atoms with Crippen LogP contribution in [-0.2, 0) is 20.0 Å². The minimum atomic E-state index is -0.157. The molecule has 5 heteroatoms. The molecule has 0 amide bonds. The van der Waals surface area contributed by atoms with Gasteiger partial charge < -0.3 is 14.9 Å². The van der Waals surface area contributed by atoms with Crippen molar-refractivity contribution in [2.24, 2.45) is 12.8 Å². The van der Waals surface area contributed by atoms with Gasteiger partial charge in [0.2, 0.25) is 0 Å². The highest BCUT2D eigenvalue weighted by molar-refractivity contribution is 5.26. The van der Waals surface area contributed by atoms with Crippen LogP contribution in [0.1, 0.15) is 23.1 Å². The van der Waals surface area contributed by atoms with Crippen LogP contribution in [-0.4, -0.2) is 19.1 Å². The Kier molecular flexibility index (Phi) is 3.83. The summed E-state index contributed by atoms with van der Waals surface area (Å²) in [5, 5.41) is 0. The molecule has 2 N–H and O–H groups in total. The quantitative estimate of drug-likeness (QED) is 0.777. The molecule has 0 fully saturated rings. The number of nitrogens with zero attached hydrogens (tertiary/aromatic N) is 4. The molecule has 21 heavy (non-hydrogen) atoms. The standard InChI is InChI=1S/C16H19N5/c1-20-10-8-19-15(20)7-9-21-12-18-11-14(21)16(17)13-5-3-2-4-6-13/h2-6,8,10-12,16H,7,9,17H2,1H3. The van der Waals surface area contributed by atoms with Gasteiger partial charge in [0.05, 0.1) is 24.3 Å². The summed E-state index contributed by atoms with van der Waals surface area (Å²) in [6, 6.07) is 9.93. The number of hydrogen-bond donors (Lipinski definition) is 1. The first kappa shape index (κ1) is 13.6. The van der Waals surface area contributed by atoms with Crippen LogP contribution >= 0.6 is 0 Å². The number of nitrogens with two attached hydrogens (primary N) is 1. The zero-order chi connectivity index (χ0) is 14.7. The van der Waals surface area contributed by atoms with Crippen molar-refractivity contribution >= 4 is 0 Å². The summed E-state index contributed by atoms with van der Waals surface area (Å²) in [6.45, 7) is 0.820. The number of benzene rings is 1. The van der Waals surface area contributed by atoms with E-state index in [-0.39, 0.29) is 6.04 Å². The maximum atomic E-state index is 6.36. The van der Waals surface area contributed by atoms with Gasteiger partial charge in [-0.3, -0.25) is 0 Å². The third-order valence-corrected chi connectivity index (χ3v) is 3.72. The highest BCUT2D eigenvalue weighted by Gasteiger charge is 2.13. The molecule has 0 aliphatic carbocycles. The van der Waals surface area contributed by atoms with Crippen LogP contribution in [0.2, 0.25) is 0 Å². The van der Waals surface area contributed by atoms with Crippen molar-refractivity contribution in [3.63, 3.8) is 0 Å². The Morgan fingerprint density at radius 3 is 2.76 bits per heavy atom. The third kappa shape index (κ3) is 2.87. The van der Waals surface area contributed by atoms with Crippen molar-refractivity contribution < 1.29 is 0 Å². The van der Waals surface area contributed by atoms with Gasteiger partial charge in [-0.1, -0.05) is 30.3 Å². The fourth-order valence-corrected chi connectivity index (χ4v) is 2.47. The molecular weight excluding hydrogens is 262 g/mol. The molecule has 2 aromatic heterocycles. The maximum Gasteiger partial charge on any atom is 0.110 e. The van der Waals surface area contributed by atoms with E-state index in [1.807, 2.05) is 66.9 Å². The second-order valence-electron chi connectivity index (χ2n) is 5.10. The number of aryl methyl sites for hydroxylation is 3. The molecule has 1 aromatic carbocycles. The molecule has 0 radical (unpaired) electrons. The van der Waals surface area contributed by atoms with Crippen LogP contribution in [0, 0.1) is 0 Å². The van der Waals surface area contributed by atoms with Gasteiger partial charge in [-0.15, -0.1) is 0 Å². The lowest BCUT2D eigenvalue weighted by molar-refractivity contribution is 0.610. The lowest BCUT2D eigenvalue weighted by atomic mass is 10.1. The predicted octanol–water partition coefficient (Wildman–Crippen LogP) is 1.91. The molecule has 3 rings (SSSR count). The van der Waals surface area contributed by atoms with Crippen molar-refractivity contribution in [3.8, 4) is 0 Å². The highest BCUT2D eigenvalue weighted by Crippen LogP contribution is 2.19. The minimum absolute atomic E-state index is 0.157. The number of aromatic nitrogens is 4. The Balaban J connectivity index is 1.76. The molecule has 0 aliphatic heterocycles. The first-order chi connectivity index (χ1) is 10.3. The lowest BCUT2D eigenvalue weighted by Crippen LogP contribution is -2.17. The van der Waals surface area contributed by atoms with Crippen molar-refractivity contribution in [2.45, 2.75) is 19.0 Å². The molecule has 0 spiro atoms. The van der Waals surface area contributed by atoms with E-state index in [4.69, 9.17) is 5.73 Å². The van der Waals surface area contributed by atoms with Crippen molar-refractivity contribution in [1.29, 1.82) is 0 Å². The van der Waals surface area contributed by atoms with E-state index < -0.39 is 0 Å². The normalized spacial score (nSPS) is 12.5. The Bertz CT molecular complexity index is 698. The van der Waals surface area contributed by atoms with Crippen molar-refractivity contribution in [3.05, 3.63) is 72.3 Å². The molecule has 1 unspecified atom stereocenters. The van der Waals surface area contributed by atoms with Gasteiger partial charge in [-0.25, -0.2) is 9.97 Å². The van der Waals surface area contributed by atoms with E-state index in [1.54, 1.807) is 0 Å². The van der Waals surface area contributed by atoms with Gasteiger partial charge in [-0.05, 0) is 5.56 Å². The summed E-state index contributed by atoms with van der Waals surface area (Å²) in [4.78, 5) is 8.59. The molecule has 0 saturated heterocycles. The molecule has 0 bridgehead atoms. The molecule has 0 aliphatic rings. The van der Waals surface area contributed by atoms with Crippen molar-refractivity contribution in [1.82, 2.24) is 19.1 Å². The summed E-state index contributed by atoms with van der Waals surface area (Å²) in [7, 11) is 2.01. The van der Waals surface area contributed by atoms with E-state index in [1.165, 1.54) is 0 Å². The number of imidazole rings is 2. The van der Waals surface area contributed by atoms with Gasteiger partial charge >= 0.3 is 0 Å². The Hall–Kier alpha value is -2.40. The van der Waals surface area contributed by atoms with E-state index in [0.29, 0.717) is 0 Å². The molecule has 0 saturated carbocycles. The van der Waals surface area contributed by atoms with Gasteiger partial charge in [-0.2, -0.15) is 0 Å². The van der Waals surface area contributed by atoms with Gasteiger partial charge in [0.25, 0.3) is 0 Å². The lowest BCUT2D eigenvalue weighted by Gasteiger charge is -2.15. The Labute approximate surface area is 124 Å². The average Bonchev–Trinajstić information content (AvgIpc) is 3.14. The smallest absolute Gasteiger partial charge is 0.110 e. The van der Waals surface area contributed by atoms with E-state index >= 15 is 0 Å². The highest BCUT2D eigenvalue weighted by atomic mass is 15.1. The Morgan fingerprint density at radius 2 is 2.05 bits per heavy atom. The second-order valence-corrected chi connectivity index (χ2v) is 5.10. The fraction of sp³-hybridized carbons (Fsp3) is 0.250. The zero-order valence-corrected chi connectivity index (χ0v) is 12.1. The summed E-state index contributed by atoms with van der Waals surface area (Å²) >= 11 is 0. The first-order valence-electron chi connectivity index (χ1n) is 7.02. The van der Waals surface area contributed by atoms with Crippen LogP contribution in [0.5, 0.6) is 0 Å². The van der Waals surface area contributed by atoms with Gasteiger partial charge in [0.1, 0.15) is 5.82 Å². The van der Waals surface area contributed by atoms with Crippen molar-refractivity contribution in [2.75, 3.05) is 0 Å². The molecule has 5 nitrogen and oxygen atoms in total. The summed E-state index contributed by atoms with van der Waals surface area (Å²) in [5.74, 6) is 1.06. The van der Waals surface area contributed by atoms with Gasteiger partial charge in [0, 0.05) is 32.4 Å². The number of hydrogen-bond acceptors (Lipinski definition) is 3. The summed E-state index contributed by atoms with van der Waals surface area (Å²) in [6.07, 6.45) is 8.31. The topological polar surface area (TPSA) is 61.7 Å². The number of rotatable bonds is 5. The molecular formula is C16H19N5. The first-order valence-corrected chi connectivity index (χ1v) is 7.02. The maximum absolute atomic E-state index is 6.36. The van der Waals surface area contributed by atoms with Gasteiger partial charge in [0.15, 0.2) is 0 Å². The van der Waals surface area contributed by atoms with Crippen LogP contribution in [0.4, 0.5) is 0 Å². The fourth-order valence-electron chi connectivity index (χ4n) is 2.47. The predicted molar refractivity (Wildman–Crippen MR) is 81.6 cm³/mol. The van der Waals surface area contributed by atoms with E-state index in [2.05, 4.69) is 14.5 Å². The zero-order valence-electron chi connectivity index (χ0n) is 12.1. The van der Waals surface area contributed by atoms with Crippen LogP contribution in [0.15, 0.2) is 55.2 Å². The molecule has 1 atom stereocenters. The Morgan fingerprint density at radius 1 is 1.24 bits per heavy atom. The molecule has 3 aromatic rings. The molecule has 108 valence electrons. The largest absolute Gasteiger partial charge is 0.338 e. The van der Waals surface area contributed by atoms with Crippen LogP contribution in [0.3, 0.4) is 0 Å². The van der Waals surface area contributed by atoms with E-state index in [9.17, 15) is 0 Å². The minimum Gasteiger partial charge on any atom is -0.338 e.